The van der Waals surface area contributed by atoms with Crippen molar-refractivity contribution in [2.45, 2.75) is 18.4 Å². The van der Waals surface area contributed by atoms with E-state index in [1.807, 2.05) is 0 Å². The first kappa shape index (κ1) is 16.5. The lowest BCUT2D eigenvalue weighted by Crippen LogP contribution is -2.57. The molecule has 8 heteroatoms. The molecule has 1 fully saturated rings. The first-order valence-electron chi connectivity index (χ1n) is 7.44. The predicted octanol–water partition coefficient (Wildman–Crippen LogP) is 1.89. The minimum atomic E-state index is -1.30. The minimum absolute atomic E-state index is 0.233. The van der Waals surface area contributed by atoms with Crippen molar-refractivity contribution < 1.29 is 19.4 Å². The summed E-state index contributed by atoms with van der Waals surface area (Å²) in [5.41, 5.74) is -0.310. The minimum Gasteiger partial charge on any atom is -0.480 e. The zero-order chi connectivity index (χ0) is 17.2. The van der Waals surface area contributed by atoms with Crippen LogP contribution in [0.25, 0.3) is 5.69 Å². The van der Waals surface area contributed by atoms with Gasteiger partial charge in [-0.3, -0.25) is 4.79 Å². The van der Waals surface area contributed by atoms with E-state index in [2.05, 4.69) is 10.4 Å². The highest BCUT2D eigenvalue weighted by Gasteiger charge is 2.41. The van der Waals surface area contributed by atoms with Gasteiger partial charge in [0.2, 0.25) is 0 Å². The Bertz CT molecular complexity index is 768. The van der Waals surface area contributed by atoms with Crippen LogP contribution in [0.3, 0.4) is 0 Å². The van der Waals surface area contributed by atoms with Crippen molar-refractivity contribution >= 4 is 23.5 Å². The Morgan fingerprint density at radius 1 is 1.33 bits per heavy atom. The third kappa shape index (κ3) is 3.27. The fourth-order valence-corrected chi connectivity index (χ4v) is 2.79. The molecule has 1 aromatic carbocycles. The summed E-state index contributed by atoms with van der Waals surface area (Å²) >= 11 is 5.95. The molecule has 1 aliphatic heterocycles. The highest BCUT2D eigenvalue weighted by molar-refractivity contribution is 6.30. The van der Waals surface area contributed by atoms with Crippen molar-refractivity contribution in [3.8, 4) is 5.69 Å². The number of hydrogen-bond acceptors (Lipinski definition) is 4. The van der Waals surface area contributed by atoms with E-state index in [1.54, 1.807) is 24.3 Å². The molecular weight excluding hydrogens is 334 g/mol. The molecule has 126 valence electrons. The fourth-order valence-electron chi connectivity index (χ4n) is 2.60. The van der Waals surface area contributed by atoms with Gasteiger partial charge in [0.15, 0.2) is 0 Å². The molecule has 0 atom stereocenters. The summed E-state index contributed by atoms with van der Waals surface area (Å²) in [6.45, 7) is 0.600. The molecule has 0 spiro atoms. The molecule has 3 rings (SSSR count). The Labute approximate surface area is 143 Å². The van der Waals surface area contributed by atoms with Gasteiger partial charge in [-0.1, -0.05) is 17.7 Å². The number of rotatable bonds is 4. The molecule has 2 heterocycles. The Balaban J connectivity index is 1.79. The number of carbonyl (C=O) groups is 2. The zero-order valence-corrected chi connectivity index (χ0v) is 13.5. The van der Waals surface area contributed by atoms with Gasteiger partial charge in [0, 0.05) is 37.3 Å². The number of amides is 1. The number of aromatic nitrogens is 2. The van der Waals surface area contributed by atoms with Crippen LogP contribution < -0.4 is 5.32 Å². The molecular formula is C16H16ClN3O4. The number of carbonyl (C=O) groups excluding carboxylic acids is 1. The highest BCUT2D eigenvalue weighted by Crippen LogP contribution is 2.22. The van der Waals surface area contributed by atoms with Crippen molar-refractivity contribution in [3.63, 3.8) is 0 Å². The van der Waals surface area contributed by atoms with Crippen LogP contribution >= 0.6 is 11.6 Å². The van der Waals surface area contributed by atoms with E-state index in [9.17, 15) is 14.7 Å². The van der Waals surface area contributed by atoms with Gasteiger partial charge < -0.3 is 15.2 Å². The quantitative estimate of drug-likeness (QED) is 0.879. The van der Waals surface area contributed by atoms with Crippen LogP contribution in [0, 0.1) is 0 Å². The van der Waals surface area contributed by atoms with Crippen LogP contribution in [0.15, 0.2) is 36.7 Å². The molecule has 0 unspecified atom stereocenters. The molecule has 24 heavy (non-hydrogen) atoms. The van der Waals surface area contributed by atoms with Crippen molar-refractivity contribution in [3.05, 3.63) is 47.2 Å². The smallest absolute Gasteiger partial charge is 0.329 e. The van der Waals surface area contributed by atoms with Crippen LogP contribution in [-0.4, -0.2) is 45.5 Å². The van der Waals surface area contributed by atoms with Crippen molar-refractivity contribution in [1.82, 2.24) is 15.1 Å². The van der Waals surface area contributed by atoms with Gasteiger partial charge in [-0.2, -0.15) is 5.10 Å². The summed E-state index contributed by atoms with van der Waals surface area (Å²) in [7, 11) is 0. The van der Waals surface area contributed by atoms with Crippen LogP contribution in [0.2, 0.25) is 5.02 Å². The highest BCUT2D eigenvalue weighted by atomic mass is 35.5. The zero-order valence-electron chi connectivity index (χ0n) is 12.7. The normalized spacial score (nSPS) is 16.5. The predicted molar refractivity (Wildman–Crippen MR) is 86.5 cm³/mol. The molecule has 2 N–H and O–H groups in total. The molecule has 0 aliphatic carbocycles. The van der Waals surface area contributed by atoms with Gasteiger partial charge in [-0.05, 0) is 18.2 Å². The second-order valence-electron chi connectivity index (χ2n) is 5.61. The van der Waals surface area contributed by atoms with E-state index in [4.69, 9.17) is 16.3 Å². The topological polar surface area (TPSA) is 93.5 Å². The summed E-state index contributed by atoms with van der Waals surface area (Å²) in [4.78, 5) is 24.0. The van der Waals surface area contributed by atoms with E-state index in [0.29, 0.717) is 23.9 Å². The van der Waals surface area contributed by atoms with Gasteiger partial charge in [0.25, 0.3) is 5.91 Å². The lowest BCUT2D eigenvalue weighted by atomic mass is 9.90. The molecule has 0 saturated carbocycles. The number of hydrogen-bond donors (Lipinski definition) is 2. The molecule has 7 nitrogen and oxygen atoms in total. The van der Waals surface area contributed by atoms with Gasteiger partial charge in [-0.25, -0.2) is 9.48 Å². The number of carboxylic acid groups (broad SMARTS) is 1. The molecule has 0 bridgehead atoms. The summed E-state index contributed by atoms with van der Waals surface area (Å²) < 4.78 is 6.70. The van der Waals surface area contributed by atoms with Crippen LogP contribution in [0.5, 0.6) is 0 Å². The molecule has 0 radical (unpaired) electrons. The third-order valence-electron chi connectivity index (χ3n) is 4.03. The van der Waals surface area contributed by atoms with E-state index in [0.717, 1.165) is 0 Å². The summed E-state index contributed by atoms with van der Waals surface area (Å²) in [5, 5.41) is 16.8. The Morgan fingerprint density at radius 3 is 2.75 bits per heavy atom. The Morgan fingerprint density at radius 2 is 2.08 bits per heavy atom. The standard InChI is InChI=1S/C16H16ClN3O4/c17-12-2-1-3-13(8-12)20-10-11(9-18-20)14(21)19-16(15(22)23)4-6-24-7-5-16/h1-3,8-10H,4-7H2,(H,19,21)(H,22,23). The van der Waals surface area contributed by atoms with E-state index in [-0.39, 0.29) is 18.4 Å². The Hall–Kier alpha value is -2.38. The number of carboxylic acids is 1. The third-order valence-corrected chi connectivity index (χ3v) is 4.26. The van der Waals surface area contributed by atoms with E-state index in [1.165, 1.54) is 17.1 Å². The maximum absolute atomic E-state index is 12.4. The molecule has 1 amide bonds. The largest absolute Gasteiger partial charge is 0.480 e. The average Bonchev–Trinajstić information content (AvgIpc) is 3.06. The van der Waals surface area contributed by atoms with Crippen LogP contribution in [0.1, 0.15) is 23.2 Å². The van der Waals surface area contributed by atoms with Gasteiger partial charge >= 0.3 is 5.97 Å². The monoisotopic (exact) mass is 349 g/mol. The van der Waals surface area contributed by atoms with Gasteiger partial charge in [0.05, 0.1) is 17.4 Å². The first-order chi connectivity index (χ1) is 11.5. The molecule has 1 saturated heterocycles. The first-order valence-corrected chi connectivity index (χ1v) is 7.82. The number of halogens is 1. The molecule has 1 aromatic heterocycles. The number of nitrogens with one attached hydrogen (secondary N) is 1. The Kier molecular flexibility index (Phi) is 4.55. The molecule has 1 aliphatic rings. The average molecular weight is 350 g/mol. The lowest BCUT2D eigenvalue weighted by Gasteiger charge is -2.33. The van der Waals surface area contributed by atoms with Crippen LogP contribution in [0.4, 0.5) is 0 Å². The second-order valence-corrected chi connectivity index (χ2v) is 6.04. The number of nitrogens with zero attached hydrogens (tertiary/aromatic N) is 2. The second kappa shape index (κ2) is 6.62. The summed E-state index contributed by atoms with van der Waals surface area (Å²) in [5.74, 6) is -1.53. The van der Waals surface area contributed by atoms with Crippen molar-refractivity contribution in [2.24, 2.45) is 0 Å². The van der Waals surface area contributed by atoms with Crippen molar-refractivity contribution in [2.75, 3.05) is 13.2 Å². The summed E-state index contributed by atoms with van der Waals surface area (Å²) in [6.07, 6.45) is 3.40. The maximum atomic E-state index is 12.4. The lowest BCUT2D eigenvalue weighted by molar-refractivity contribution is -0.148. The van der Waals surface area contributed by atoms with E-state index < -0.39 is 17.4 Å². The maximum Gasteiger partial charge on any atom is 0.329 e. The number of benzene rings is 1. The van der Waals surface area contributed by atoms with Crippen LogP contribution in [-0.2, 0) is 9.53 Å². The van der Waals surface area contributed by atoms with Crippen molar-refractivity contribution in [1.29, 1.82) is 0 Å². The van der Waals surface area contributed by atoms with Gasteiger partial charge in [0.1, 0.15) is 5.54 Å². The SMILES string of the molecule is O=C(NC1(C(=O)O)CCOCC1)c1cnn(-c2cccc(Cl)c2)c1. The fraction of sp³-hybridized carbons (Fsp3) is 0.312. The van der Waals surface area contributed by atoms with Gasteiger partial charge in [-0.15, -0.1) is 0 Å². The van der Waals surface area contributed by atoms with E-state index >= 15 is 0 Å². The number of ether oxygens (including phenoxy) is 1. The summed E-state index contributed by atoms with van der Waals surface area (Å²) in [6, 6.07) is 7.04. The number of aliphatic carboxylic acids is 1. The molecule has 2 aromatic rings.